The summed E-state index contributed by atoms with van der Waals surface area (Å²) in [6, 6.07) is 15.6. The number of nitrogens with zero attached hydrogens (tertiary/aromatic N) is 2. The number of aromatic nitrogens is 2. The molecule has 25 heavy (non-hydrogen) atoms. The maximum Gasteiger partial charge on any atom is 0.317 e. The zero-order valence-electron chi connectivity index (χ0n) is 13.4. The Morgan fingerprint density at radius 1 is 1.16 bits per heavy atom. The van der Waals surface area contributed by atoms with Gasteiger partial charge < -0.3 is 9.15 Å². The minimum atomic E-state index is -0.682. The van der Waals surface area contributed by atoms with Gasteiger partial charge in [0.05, 0.1) is 5.75 Å². The Bertz CT molecular complexity index is 854. The first-order valence-corrected chi connectivity index (χ1v) is 8.57. The molecule has 1 heterocycles. The van der Waals surface area contributed by atoms with Crippen LogP contribution in [-0.4, -0.2) is 21.9 Å². The molecular weight excluding hydrogens is 343 g/mol. The molecule has 0 saturated carbocycles. The second-order valence-corrected chi connectivity index (χ2v) is 6.18. The molecule has 0 unspecified atom stereocenters. The van der Waals surface area contributed by atoms with Gasteiger partial charge in [0.2, 0.25) is 5.89 Å². The van der Waals surface area contributed by atoms with Gasteiger partial charge in [-0.15, -0.1) is 22.0 Å². The molecule has 1 aromatic heterocycles. The molecule has 0 saturated heterocycles. The Morgan fingerprint density at radius 3 is 2.64 bits per heavy atom. The first-order chi connectivity index (χ1) is 12.1. The van der Waals surface area contributed by atoms with Gasteiger partial charge in [0.25, 0.3) is 5.89 Å². The molecule has 5 nitrogen and oxygen atoms in total. The topological polar surface area (TPSA) is 65.2 Å². The summed E-state index contributed by atoms with van der Waals surface area (Å²) in [5.41, 5.74) is 0.787. The third kappa shape index (κ3) is 4.45. The van der Waals surface area contributed by atoms with E-state index in [1.165, 1.54) is 6.07 Å². The van der Waals surface area contributed by atoms with Crippen LogP contribution in [0.1, 0.15) is 18.9 Å². The molecular formula is C18H15FN2O3S. The first-order valence-electron chi connectivity index (χ1n) is 7.59. The van der Waals surface area contributed by atoms with Crippen molar-refractivity contribution in [1.82, 2.24) is 10.2 Å². The molecule has 0 fully saturated rings. The fourth-order valence-electron chi connectivity index (χ4n) is 2.08. The van der Waals surface area contributed by atoms with Crippen LogP contribution in [0.25, 0.3) is 11.5 Å². The van der Waals surface area contributed by atoms with Gasteiger partial charge in [0.1, 0.15) is 5.82 Å². The Morgan fingerprint density at radius 2 is 1.88 bits per heavy atom. The molecule has 3 rings (SSSR count). The number of hydrogen-bond acceptors (Lipinski definition) is 6. The summed E-state index contributed by atoms with van der Waals surface area (Å²) in [6.07, 6.45) is -0.682. The Hall–Kier alpha value is -2.67. The number of halogens is 1. The molecule has 0 aliphatic heterocycles. The van der Waals surface area contributed by atoms with Gasteiger partial charge in [-0.25, -0.2) is 4.39 Å². The molecule has 0 aliphatic rings. The van der Waals surface area contributed by atoms with E-state index in [-0.39, 0.29) is 17.5 Å². The Labute approximate surface area is 148 Å². The highest BCUT2D eigenvalue weighted by Crippen LogP contribution is 2.24. The van der Waals surface area contributed by atoms with Crippen LogP contribution in [0.4, 0.5) is 4.39 Å². The largest absolute Gasteiger partial charge is 0.452 e. The number of esters is 1. The van der Waals surface area contributed by atoms with E-state index in [4.69, 9.17) is 9.15 Å². The van der Waals surface area contributed by atoms with Crippen LogP contribution in [0.2, 0.25) is 0 Å². The summed E-state index contributed by atoms with van der Waals surface area (Å²) in [5.74, 6) is -0.286. The van der Waals surface area contributed by atoms with Crippen molar-refractivity contribution in [2.45, 2.75) is 17.9 Å². The molecule has 0 radical (unpaired) electrons. The van der Waals surface area contributed by atoms with Gasteiger partial charge in [-0.3, -0.25) is 4.79 Å². The molecule has 0 amide bonds. The molecule has 0 N–H and O–H groups in total. The van der Waals surface area contributed by atoms with Crippen molar-refractivity contribution in [2.24, 2.45) is 0 Å². The number of rotatable bonds is 6. The SMILES string of the molecule is C[C@H](OC(=O)CSc1ccccc1F)c1nnc(-c2ccccc2)o1. The van der Waals surface area contributed by atoms with Crippen molar-refractivity contribution in [3.8, 4) is 11.5 Å². The van der Waals surface area contributed by atoms with E-state index in [2.05, 4.69) is 10.2 Å². The molecule has 0 spiro atoms. The van der Waals surface area contributed by atoms with E-state index in [1.807, 2.05) is 30.3 Å². The van der Waals surface area contributed by atoms with Gasteiger partial charge in [-0.1, -0.05) is 30.3 Å². The Balaban J connectivity index is 1.57. The summed E-state index contributed by atoms with van der Waals surface area (Å²) >= 11 is 1.08. The number of ether oxygens (including phenoxy) is 1. The lowest BCUT2D eigenvalue weighted by Gasteiger charge is -2.09. The van der Waals surface area contributed by atoms with Gasteiger partial charge in [0.15, 0.2) is 6.10 Å². The van der Waals surface area contributed by atoms with Gasteiger partial charge in [-0.05, 0) is 31.2 Å². The predicted molar refractivity (Wildman–Crippen MR) is 91.4 cm³/mol. The molecule has 0 bridgehead atoms. The summed E-state index contributed by atoms with van der Waals surface area (Å²) in [4.78, 5) is 12.3. The lowest BCUT2D eigenvalue weighted by molar-refractivity contribution is -0.146. The van der Waals surface area contributed by atoms with Crippen LogP contribution in [0.15, 0.2) is 63.9 Å². The third-order valence-electron chi connectivity index (χ3n) is 3.30. The summed E-state index contributed by atoms with van der Waals surface area (Å²) in [7, 11) is 0. The van der Waals surface area contributed by atoms with Crippen LogP contribution in [0.5, 0.6) is 0 Å². The lowest BCUT2D eigenvalue weighted by atomic mass is 10.2. The van der Waals surface area contributed by atoms with Crippen molar-refractivity contribution in [1.29, 1.82) is 0 Å². The molecule has 7 heteroatoms. The van der Waals surface area contributed by atoms with E-state index < -0.39 is 12.1 Å². The van der Waals surface area contributed by atoms with Crippen LogP contribution in [0.3, 0.4) is 0 Å². The molecule has 128 valence electrons. The van der Waals surface area contributed by atoms with E-state index in [9.17, 15) is 9.18 Å². The maximum atomic E-state index is 13.5. The second-order valence-electron chi connectivity index (χ2n) is 5.16. The van der Waals surface area contributed by atoms with E-state index in [1.54, 1.807) is 25.1 Å². The molecule has 1 atom stereocenters. The maximum absolute atomic E-state index is 13.5. The van der Waals surface area contributed by atoms with Crippen LogP contribution in [0, 0.1) is 5.82 Å². The average Bonchev–Trinajstić information content (AvgIpc) is 3.12. The Kier molecular flexibility index (Phi) is 5.45. The van der Waals surface area contributed by atoms with Crippen molar-refractivity contribution in [2.75, 3.05) is 5.75 Å². The lowest BCUT2D eigenvalue weighted by Crippen LogP contribution is -2.11. The molecule has 0 aliphatic carbocycles. The smallest absolute Gasteiger partial charge is 0.317 e. The van der Waals surface area contributed by atoms with Crippen LogP contribution in [-0.2, 0) is 9.53 Å². The third-order valence-corrected chi connectivity index (χ3v) is 4.32. The quantitative estimate of drug-likeness (QED) is 0.484. The van der Waals surface area contributed by atoms with Crippen LogP contribution < -0.4 is 0 Å². The number of hydrogen-bond donors (Lipinski definition) is 0. The van der Waals surface area contributed by atoms with Crippen LogP contribution >= 0.6 is 11.8 Å². The molecule has 3 aromatic rings. The van der Waals surface area contributed by atoms with Crippen molar-refractivity contribution < 1.29 is 18.3 Å². The number of carbonyl (C=O) groups is 1. The minimum absolute atomic E-state index is 0.00898. The zero-order valence-corrected chi connectivity index (χ0v) is 14.2. The predicted octanol–water partition coefficient (Wildman–Crippen LogP) is 4.27. The normalized spacial score (nSPS) is 11.9. The van der Waals surface area contributed by atoms with Gasteiger partial charge in [-0.2, -0.15) is 0 Å². The van der Waals surface area contributed by atoms with Crippen molar-refractivity contribution >= 4 is 17.7 Å². The summed E-state index contributed by atoms with van der Waals surface area (Å²) < 4.78 is 24.3. The molecule has 2 aromatic carbocycles. The van der Waals surface area contributed by atoms with E-state index >= 15 is 0 Å². The average molecular weight is 358 g/mol. The number of carbonyl (C=O) groups excluding carboxylic acids is 1. The fourth-order valence-corrected chi connectivity index (χ4v) is 2.80. The van der Waals surface area contributed by atoms with Crippen molar-refractivity contribution in [3.63, 3.8) is 0 Å². The van der Waals surface area contributed by atoms with E-state index in [0.717, 1.165) is 17.3 Å². The minimum Gasteiger partial charge on any atom is -0.452 e. The highest BCUT2D eigenvalue weighted by Gasteiger charge is 2.19. The standard InChI is InChI=1S/C18H15FN2O3S/c1-12(17-20-21-18(24-17)13-7-3-2-4-8-13)23-16(22)11-25-15-10-6-5-9-14(15)19/h2-10,12H,11H2,1H3/t12-/m0/s1. The highest BCUT2D eigenvalue weighted by molar-refractivity contribution is 8.00. The summed E-state index contributed by atoms with van der Waals surface area (Å²) in [6.45, 7) is 1.65. The monoisotopic (exact) mass is 358 g/mol. The second kappa shape index (κ2) is 7.94. The van der Waals surface area contributed by atoms with Gasteiger partial charge >= 0.3 is 5.97 Å². The highest BCUT2D eigenvalue weighted by atomic mass is 32.2. The number of benzene rings is 2. The van der Waals surface area contributed by atoms with E-state index in [0.29, 0.717) is 10.8 Å². The van der Waals surface area contributed by atoms with Gasteiger partial charge in [0, 0.05) is 10.5 Å². The van der Waals surface area contributed by atoms with Crippen molar-refractivity contribution in [3.05, 3.63) is 66.3 Å². The summed E-state index contributed by atoms with van der Waals surface area (Å²) in [5, 5.41) is 7.87. The number of thioether (sulfide) groups is 1. The first kappa shape index (κ1) is 17.2. The zero-order chi connectivity index (χ0) is 17.6. The fraction of sp³-hybridized carbons (Fsp3) is 0.167.